The number of rotatable bonds is 5. The lowest BCUT2D eigenvalue weighted by Gasteiger charge is -2.59. The van der Waals surface area contributed by atoms with E-state index < -0.39 is 17.5 Å². The molecule has 0 radical (unpaired) electrons. The average molecular weight is 427 g/mol. The number of fused-ring (bicyclic) bond motifs is 1. The van der Waals surface area contributed by atoms with Crippen molar-refractivity contribution in [3.05, 3.63) is 60.1 Å². The largest absolute Gasteiger partial charge is 0.459 e. The Balaban J connectivity index is 1.57. The van der Waals surface area contributed by atoms with Gasteiger partial charge in [-0.2, -0.15) is 0 Å². The van der Waals surface area contributed by atoms with Gasteiger partial charge in [0, 0.05) is 11.3 Å². The number of carbonyl (C=O) groups is 2. The van der Waals surface area contributed by atoms with E-state index in [1.54, 1.807) is 18.2 Å². The molecule has 1 aliphatic heterocycles. The molecular weight excluding hydrogens is 396 g/mol. The molecule has 3 aliphatic rings. The fraction of sp³-hybridized carbons (Fsp3) is 0.520. The van der Waals surface area contributed by atoms with Crippen molar-refractivity contribution in [2.75, 3.05) is 13.2 Å². The van der Waals surface area contributed by atoms with Crippen LogP contribution in [0.1, 0.15) is 50.1 Å². The summed E-state index contributed by atoms with van der Waals surface area (Å²) in [5.41, 5.74) is 0.950. The van der Waals surface area contributed by atoms with Crippen molar-refractivity contribution in [1.29, 1.82) is 0 Å². The van der Waals surface area contributed by atoms with E-state index in [1.807, 2.05) is 13.0 Å². The molecule has 31 heavy (non-hydrogen) atoms. The Labute approximate surface area is 182 Å². The van der Waals surface area contributed by atoms with E-state index >= 15 is 0 Å². The maximum Gasteiger partial charge on any atom is 0.374 e. The lowest BCUT2D eigenvalue weighted by atomic mass is 9.46. The number of hydrogen-bond donors (Lipinski definition) is 1. The highest BCUT2D eigenvalue weighted by Gasteiger charge is 2.57. The number of carbonyl (C=O) groups excluding carboxylic acids is 2. The molecule has 0 bridgehead atoms. The Kier molecular flexibility index (Phi) is 5.69. The normalized spacial score (nSPS) is 35.6. The van der Waals surface area contributed by atoms with Crippen LogP contribution in [0.25, 0.3) is 0 Å². The van der Waals surface area contributed by atoms with Crippen LogP contribution < -0.4 is 0 Å². The SMILES string of the molecule is C=C1CC[C@@H]2[C@](C)(COC(=O)c3ccco3)[C@H](O)CC[C@@]2(C)[C@@H]1/C=C/C1=CCOC1=O. The maximum absolute atomic E-state index is 12.4. The second kappa shape index (κ2) is 8.15. The number of esters is 2. The first-order valence-electron chi connectivity index (χ1n) is 10.9. The molecule has 2 saturated carbocycles. The van der Waals surface area contributed by atoms with Crippen molar-refractivity contribution >= 4 is 11.9 Å². The highest BCUT2D eigenvalue weighted by atomic mass is 16.5. The van der Waals surface area contributed by atoms with Crippen LogP contribution in [0.3, 0.4) is 0 Å². The minimum absolute atomic E-state index is 0.0631. The fourth-order valence-corrected chi connectivity index (χ4v) is 5.87. The summed E-state index contributed by atoms with van der Waals surface area (Å²) in [6.45, 7) is 9.01. The molecule has 0 unspecified atom stereocenters. The molecule has 0 aromatic carbocycles. The Bertz CT molecular complexity index is 926. The van der Waals surface area contributed by atoms with E-state index in [0.717, 1.165) is 24.8 Å². The smallest absolute Gasteiger partial charge is 0.374 e. The summed E-state index contributed by atoms with van der Waals surface area (Å²) in [5.74, 6) is -0.473. The summed E-state index contributed by atoms with van der Waals surface area (Å²) in [6, 6.07) is 3.21. The lowest BCUT2D eigenvalue weighted by Crippen LogP contribution is -2.57. The standard InChI is InChI=1S/C25H30O6/c1-16-6-9-20-24(2,18(16)8-7-17-11-14-30-22(17)27)12-10-21(26)25(20,3)15-31-23(28)19-5-4-13-29-19/h4-5,7-8,11,13,18,20-21,26H,1,6,9-10,12,14-15H2,2-3H3/b8-7+/t18-,20+,21-,24+,25+/m1/s1. The maximum atomic E-state index is 12.4. The molecule has 0 amide bonds. The zero-order valence-electron chi connectivity index (χ0n) is 18.1. The van der Waals surface area contributed by atoms with Crippen molar-refractivity contribution < 1.29 is 28.6 Å². The summed E-state index contributed by atoms with van der Waals surface area (Å²) in [6.07, 6.45) is 9.71. The minimum Gasteiger partial charge on any atom is -0.459 e. The van der Waals surface area contributed by atoms with E-state index in [2.05, 4.69) is 19.6 Å². The Morgan fingerprint density at radius 3 is 2.87 bits per heavy atom. The van der Waals surface area contributed by atoms with Gasteiger partial charge in [0.1, 0.15) is 6.61 Å². The molecule has 1 aromatic heterocycles. The molecule has 5 atom stereocenters. The van der Waals surface area contributed by atoms with Gasteiger partial charge in [-0.05, 0) is 55.2 Å². The fourth-order valence-electron chi connectivity index (χ4n) is 5.87. The van der Waals surface area contributed by atoms with E-state index in [4.69, 9.17) is 13.9 Å². The number of allylic oxidation sites excluding steroid dienone is 2. The summed E-state index contributed by atoms with van der Waals surface area (Å²) in [4.78, 5) is 24.2. The predicted molar refractivity (Wildman–Crippen MR) is 114 cm³/mol. The Morgan fingerprint density at radius 2 is 2.19 bits per heavy atom. The monoisotopic (exact) mass is 426 g/mol. The van der Waals surface area contributed by atoms with Crippen LogP contribution in [0, 0.1) is 22.7 Å². The molecule has 6 heteroatoms. The van der Waals surface area contributed by atoms with Gasteiger partial charge in [0.05, 0.1) is 24.5 Å². The van der Waals surface area contributed by atoms with Crippen LogP contribution in [-0.4, -0.2) is 36.4 Å². The van der Waals surface area contributed by atoms with Crippen LogP contribution in [0.4, 0.5) is 0 Å². The molecule has 6 nitrogen and oxygen atoms in total. The van der Waals surface area contributed by atoms with Gasteiger partial charge < -0.3 is 19.0 Å². The molecule has 0 spiro atoms. The number of furan rings is 1. The van der Waals surface area contributed by atoms with E-state index in [0.29, 0.717) is 18.6 Å². The van der Waals surface area contributed by atoms with Gasteiger partial charge >= 0.3 is 11.9 Å². The van der Waals surface area contributed by atoms with Gasteiger partial charge in [-0.25, -0.2) is 9.59 Å². The number of cyclic esters (lactones) is 1. The van der Waals surface area contributed by atoms with Crippen LogP contribution >= 0.6 is 0 Å². The van der Waals surface area contributed by atoms with Gasteiger partial charge in [-0.15, -0.1) is 0 Å². The van der Waals surface area contributed by atoms with E-state index in [1.165, 1.54) is 6.26 Å². The van der Waals surface area contributed by atoms with Crippen LogP contribution in [0.2, 0.25) is 0 Å². The van der Waals surface area contributed by atoms with Crippen molar-refractivity contribution in [3.8, 4) is 0 Å². The summed E-state index contributed by atoms with van der Waals surface area (Å²) < 4.78 is 15.8. The second-order valence-electron chi connectivity index (χ2n) is 9.46. The molecule has 166 valence electrons. The molecule has 2 aliphatic carbocycles. The van der Waals surface area contributed by atoms with Crippen molar-refractivity contribution in [1.82, 2.24) is 0 Å². The topological polar surface area (TPSA) is 86.0 Å². The van der Waals surface area contributed by atoms with E-state index in [-0.39, 0.29) is 35.6 Å². The molecular formula is C25H30O6. The molecule has 2 heterocycles. The first-order chi connectivity index (χ1) is 14.8. The van der Waals surface area contributed by atoms with Crippen molar-refractivity contribution in [2.45, 2.75) is 45.6 Å². The minimum atomic E-state index is -0.590. The second-order valence-corrected chi connectivity index (χ2v) is 9.46. The summed E-state index contributed by atoms with van der Waals surface area (Å²) in [7, 11) is 0. The van der Waals surface area contributed by atoms with Crippen LogP contribution in [-0.2, 0) is 14.3 Å². The number of aliphatic hydroxyl groups is 1. The zero-order valence-corrected chi connectivity index (χ0v) is 18.1. The molecule has 0 saturated heterocycles. The number of hydrogen-bond acceptors (Lipinski definition) is 6. The number of aliphatic hydroxyl groups excluding tert-OH is 1. The molecule has 1 N–H and O–H groups in total. The zero-order chi connectivity index (χ0) is 22.2. The first-order valence-corrected chi connectivity index (χ1v) is 10.9. The summed E-state index contributed by atoms with van der Waals surface area (Å²) in [5, 5.41) is 11.0. The molecule has 2 fully saturated rings. The van der Waals surface area contributed by atoms with Crippen LogP contribution in [0.15, 0.2) is 58.8 Å². The highest BCUT2D eigenvalue weighted by molar-refractivity contribution is 5.93. The van der Waals surface area contributed by atoms with Gasteiger partial charge in [0.25, 0.3) is 0 Å². The third kappa shape index (κ3) is 3.78. The molecule has 4 rings (SSSR count). The number of ether oxygens (including phenoxy) is 2. The van der Waals surface area contributed by atoms with Crippen LogP contribution in [0.5, 0.6) is 0 Å². The first kappa shape index (κ1) is 21.6. The lowest BCUT2D eigenvalue weighted by molar-refractivity contribution is -0.147. The highest BCUT2D eigenvalue weighted by Crippen LogP contribution is 2.61. The third-order valence-corrected chi connectivity index (χ3v) is 7.67. The summed E-state index contributed by atoms with van der Waals surface area (Å²) >= 11 is 0. The predicted octanol–water partition coefficient (Wildman–Crippen LogP) is 4.23. The van der Waals surface area contributed by atoms with Gasteiger partial charge in [-0.1, -0.05) is 38.2 Å². The van der Waals surface area contributed by atoms with Gasteiger partial charge in [0.15, 0.2) is 0 Å². The van der Waals surface area contributed by atoms with E-state index in [9.17, 15) is 14.7 Å². The van der Waals surface area contributed by atoms with Gasteiger partial charge in [0.2, 0.25) is 5.76 Å². The van der Waals surface area contributed by atoms with Crippen molar-refractivity contribution in [2.24, 2.45) is 22.7 Å². The third-order valence-electron chi connectivity index (χ3n) is 7.67. The molecule has 1 aromatic rings. The average Bonchev–Trinajstić information content (AvgIpc) is 3.41. The van der Waals surface area contributed by atoms with Crippen molar-refractivity contribution in [3.63, 3.8) is 0 Å². The quantitative estimate of drug-likeness (QED) is 0.560. The van der Waals surface area contributed by atoms with Gasteiger partial charge in [-0.3, -0.25) is 0 Å². The Hall–Kier alpha value is -2.60. The Morgan fingerprint density at radius 1 is 1.39 bits per heavy atom.